The van der Waals surface area contributed by atoms with Crippen LogP contribution in [0.1, 0.15) is 55.7 Å². The van der Waals surface area contributed by atoms with E-state index >= 15 is 0 Å². The Kier molecular flexibility index (Phi) is 7.49. The van der Waals surface area contributed by atoms with Crippen molar-refractivity contribution in [2.45, 2.75) is 57.2 Å². The number of nitrogens with one attached hydrogen (secondary N) is 1. The van der Waals surface area contributed by atoms with Crippen molar-refractivity contribution >= 4 is 43.6 Å². The van der Waals surface area contributed by atoms with E-state index in [0.717, 1.165) is 17.1 Å². The van der Waals surface area contributed by atoms with Crippen LogP contribution in [0.4, 0.5) is 5.13 Å². The van der Waals surface area contributed by atoms with Gasteiger partial charge in [-0.1, -0.05) is 52.8 Å². The lowest BCUT2D eigenvalue weighted by atomic mass is 9.95. The number of anilines is 1. The molecule has 0 saturated heterocycles. The van der Waals surface area contributed by atoms with Gasteiger partial charge in [0.05, 0.1) is 6.54 Å². The number of hydrogen-bond acceptors (Lipinski definition) is 7. The highest BCUT2D eigenvalue weighted by Crippen LogP contribution is 2.38. The predicted octanol–water partition coefficient (Wildman–Crippen LogP) is 6.25. The van der Waals surface area contributed by atoms with Crippen LogP contribution in [0.3, 0.4) is 0 Å². The summed E-state index contributed by atoms with van der Waals surface area (Å²) in [7, 11) is -3.85. The van der Waals surface area contributed by atoms with Crippen LogP contribution in [-0.2, 0) is 28.4 Å². The number of rotatable bonds is 9. The lowest BCUT2D eigenvalue weighted by molar-refractivity contribution is 0.0970. The standard InChI is InChI=1S/C26H30N4O3S3/c1-17(2)13-20-15-21(23(35-20)36(32,33)29-25-28-10-12-34-25)18-7-6-8-19(14-18)22(31)16-30-11-9-27-24(30)26(3,4)5/h6-12,14-15,17H,13,16H2,1-5H3,(H,28,29). The van der Waals surface area contributed by atoms with Crippen LogP contribution < -0.4 is 4.72 Å². The number of benzene rings is 1. The first-order valence-electron chi connectivity index (χ1n) is 11.6. The first-order chi connectivity index (χ1) is 16.9. The number of thiazole rings is 1. The maximum Gasteiger partial charge on any atom is 0.273 e. The van der Waals surface area contributed by atoms with Gasteiger partial charge in [-0.2, -0.15) is 0 Å². The highest BCUT2D eigenvalue weighted by atomic mass is 32.2. The Morgan fingerprint density at radius 2 is 1.92 bits per heavy atom. The van der Waals surface area contributed by atoms with Gasteiger partial charge in [-0.25, -0.2) is 18.4 Å². The fourth-order valence-electron chi connectivity index (χ4n) is 3.95. The second-order valence-corrected chi connectivity index (χ2v) is 14.0. The van der Waals surface area contributed by atoms with Crippen molar-refractivity contribution in [1.82, 2.24) is 14.5 Å². The molecule has 4 aromatic rings. The highest BCUT2D eigenvalue weighted by molar-refractivity contribution is 7.95. The lowest BCUT2D eigenvalue weighted by Gasteiger charge is -2.19. The molecule has 36 heavy (non-hydrogen) atoms. The molecule has 0 aliphatic carbocycles. The molecule has 1 aromatic carbocycles. The molecule has 190 valence electrons. The van der Waals surface area contributed by atoms with E-state index in [1.807, 2.05) is 22.9 Å². The quantitative estimate of drug-likeness (QED) is 0.252. The third-order valence-electron chi connectivity index (χ3n) is 5.45. The molecular formula is C26H30N4O3S3. The molecule has 0 radical (unpaired) electrons. The summed E-state index contributed by atoms with van der Waals surface area (Å²) in [5.41, 5.74) is 1.61. The fourth-order valence-corrected chi connectivity index (χ4v) is 7.69. The van der Waals surface area contributed by atoms with E-state index in [2.05, 4.69) is 49.3 Å². The van der Waals surface area contributed by atoms with Crippen LogP contribution in [0.15, 0.2) is 58.5 Å². The molecular weight excluding hydrogens is 513 g/mol. The van der Waals surface area contributed by atoms with Gasteiger partial charge < -0.3 is 4.57 Å². The summed E-state index contributed by atoms with van der Waals surface area (Å²) in [6.07, 6.45) is 5.84. The van der Waals surface area contributed by atoms with Crippen molar-refractivity contribution in [2.24, 2.45) is 5.92 Å². The fraction of sp³-hybridized carbons (Fsp3) is 0.346. The van der Waals surface area contributed by atoms with Crippen molar-refractivity contribution in [3.05, 3.63) is 70.6 Å². The number of aromatic nitrogens is 3. The van der Waals surface area contributed by atoms with Crippen LogP contribution in [0, 0.1) is 5.92 Å². The number of carbonyl (C=O) groups is 1. The minimum Gasteiger partial charge on any atom is -0.327 e. The van der Waals surface area contributed by atoms with E-state index in [0.29, 0.717) is 27.7 Å². The molecule has 0 fully saturated rings. The SMILES string of the molecule is CC(C)Cc1cc(-c2cccc(C(=O)Cn3ccnc3C(C)(C)C)c2)c(S(=O)(=O)Nc2nccs2)s1. The largest absolute Gasteiger partial charge is 0.327 e. The van der Waals surface area contributed by atoms with Crippen molar-refractivity contribution < 1.29 is 13.2 Å². The van der Waals surface area contributed by atoms with E-state index in [-0.39, 0.29) is 22.0 Å². The number of sulfonamides is 1. The average Bonchev–Trinajstić information content (AvgIpc) is 3.54. The summed E-state index contributed by atoms with van der Waals surface area (Å²) < 4.78 is 31.4. The number of hydrogen-bond donors (Lipinski definition) is 1. The van der Waals surface area contributed by atoms with Crippen LogP contribution in [0.2, 0.25) is 0 Å². The van der Waals surface area contributed by atoms with Gasteiger partial charge in [-0.3, -0.25) is 9.52 Å². The Morgan fingerprint density at radius 1 is 1.14 bits per heavy atom. The van der Waals surface area contributed by atoms with E-state index in [4.69, 9.17) is 0 Å². The van der Waals surface area contributed by atoms with Crippen molar-refractivity contribution in [3.8, 4) is 11.1 Å². The lowest BCUT2D eigenvalue weighted by Crippen LogP contribution is -2.21. The van der Waals surface area contributed by atoms with Crippen molar-refractivity contribution in [2.75, 3.05) is 4.72 Å². The van der Waals surface area contributed by atoms with E-state index in [1.54, 1.807) is 36.0 Å². The Balaban J connectivity index is 1.70. The second-order valence-electron chi connectivity index (χ2n) is 10.1. The third kappa shape index (κ3) is 5.93. The first kappa shape index (κ1) is 26.2. The number of nitrogens with zero attached hydrogens (tertiary/aromatic N) is 3. The van der Waals surface area contributed by atoms with Gasteiger partial charge in [0, 0.05) is 45.4 Å². The van der Waals surface area contributed by atoms with Crippen molar-refractivity contribution in [3.63, 3.8) is 0 Å². The van der Waals surface area contributed by atoms with E-state index < -0.39 is 10.0 Å². The molecule has 3 aromatic heterocycles. The Bertz CT molecular complexity index is 1460. The molecule has 0 amide bonds. The van der Waals surface area contributed by atoms with Gasteiger partial charge in [-0.15, -0.1) is 22.7 Å². The number of Topliss-reactive ketones (excluding diaryl/α,β-unsaturated/α-hetero) is 1. The summed E-state index contributed by atoms with van der Waals surface area (Å²) in [5.74, 6) is 1.15. The number of thiophene rings is 1. The van der Waals surface area contributed by atoms with Gasteiger partial charge in [0.2, 0.25) is 0 Å². The summed E-state index contributed by atoms with van der Waals surface area (Å²) >= 11 is 2.49. The summed E-state index contributed by atoms with van der Waals surface area (Å²) in [6, 6.07) is 9.12. The normalized spacial score (nSPS) is 12.3. The minimum absolute atomic E-state index is 0.0664. The maximum absolute atomic E-state index is 13.3. The Morgan fingerprint density at radius 3 is 2.58 bits per heavy atom. The van der Waals surface area contributed by atoms with Crippen molar-refractivity contribution in [1.29, 1.82) is 0 Å². The van der Waals surface area contributed by atoms with Gasteiger partial charge >= 0.3 is 0 Å². The van der Waals surface area contributed by atoms with Crippen LogP contribution in [-0.4, -0.2) is 28.7 Å². The summed E-state index contributed by atoms with van der Waals surface area (Å²) in [4.78, 5) is 22.7. The molecule has 7 nitrogen and oxygen atoms in total. The second kappa shape index (κ2) is 10.3. The topological polar surface area (TPSA) is 94.0 Å². The highest BCUT2D eigenvalue weighted by Gasteiger charge is 2.26. The molecule has 1 N–H and O–H groups in total. The minimum atomic E-state index is -3.85. The molecule has 0 saturated carbocycles. The molecule has 0 atom stereocenters. The zero-order valence-electron chi connectivity index (χ0n) is 21.0. The van der Waals surface area contributed by atoms with E-state index in [9.17, 15) is 13.2 Å². The Labute approximate surface area is 220 Å². The van der Waals surface area contributed by atoms with Crippen LogP contribution in [0.5, 0.6) is 0 Å². The van der Waals surface area contributed by atoms with E-state index in [1.165, 1.54) is 22.7 Å². The smallest absolute Gasteiger partial charge is 0.273 e. The van der Waals surface area contributed by atoms with Crippen LogP contribution >= 0.6 is 22.7 Å². The summed E-state index contributed by atoms with van der Waals surface area (Å²) in [6.45, 7) is 10.5. The van der Waals surface area contributed by atoms with Gasteiger partial charge in [-0.05, 0) is 30.0 Å². The molecule has 0 spiro atoms. The zero-order chi connectivity index (χ0) is 26.1. The third-order valence-corrected chi connectivity index (χ3v) is 9.30. The number of imidazole rings is 1. The summed E-state index contributed by atoms with van der Waals surface area (Å²) in [5, 5.41) is 2.04. The predicted molar refractivity (Wildman–Crippen MR) is 146 cm³/mol. The van der Waals surface area contributed by atoms with Gasteiger partial charge in [0.15, 0.2) is 10.9 Å². The molecule has 0 bridgehead atoms. The van der Waals surface area contributed by atoms with Crippen LogP contribution in [0.25, 0.3) is 11.1 Å². The average molecular weight is 543 g/mol. The van der Waals surface area contributed by atoms with Gasteiger partial charge in [0.1, 0.15) is 10.0 Å². The molecule has 4 rings (SSSR count). The number of ketones is 1. The maximum atomic E-state index is 13.3. The monoisotopic (exact) mass is 542 g/mol. The zero-order valence-corrected chi connectivity index (χ0v) is 23.4. The van der Waals surface area contributed by atoms with Gasteiger partial charge in [0.25, 0.3) is 10.0 Å². The first-order valence-corrected chi connectivity index (χ1v) is 14.8. The molecule has 0 aliphatic rings. The molecule has 0 unspecified atom stereocenters. The Hall–Kier alpha value is -2.82. The molecule has 0 aliphatic heterocycles. The molecule has 10 heteroatoms. The number of carbonyl (C=O) groups excluding carboxylic acids is 1. The molecule has 3 heterocycles.